The van der Waals surface area contributed by atoms with E-state index in [4.69, 9.17) is 9.72 Å². The van der Waals surface area contributed by atoms with Gasteiger partial charge in [0.2, 0.25) is 0 Å². The Morgan fingerprint density at radius 2 is 1.85 bits per heavy atom. The summed E-state index contributed by atoms with van der Waals surface area (Å²) in [6.07, 6.45) is 6.16. The molecule has 3 aromatic rings. The zero-order chi connectivity index (χ0) is 18.5. The molecule has 0 radical (unpaired) electrons. The highest BCUT2D eigenvalue weighted by Gasteiger charge is 2.22. The fraction of sp³-hybridized carbons (Fsp3) is 0.304. The highest BCUT2D eigenvalue weighted by atomic mass is 16.5. The summed E-state index contributed by atoms with van der Waals surface area (Å²) in [5.74, 6) is 1.35. The van der Waals surface area contributed by atoms with Crippen molar-refractivity contribution >= 4 is 0 Å². The van der Waals surface area contributed by atoms with Crippen LogP contribution in [0.2, 0.25) is 0 Å². The molecule has 4 nitrogen and oxygen atoms in total. The van der Waals surface area contributed by atoms with E-state index in [1.54, 1.807) is 7.11 Å². The minimum Gasteiger partial charge on any atom is -0.497 e. The van der Waals surface area contributed by atoms with Crippen LogP contribution in [-0.4, -0.2) is 35.1 Å². The molecule has 0 aliphatic carbocycles. The maximum atomic E-state index is 5.25. The standard InChI is InChI=1S/C23H25N3O/c1-27-21-9-7-19(8-10-21)22-5-2-6-23(25-22)20-4-3-15-26(17-20)16-18-11-13-24-14-12-18/h2,5-14,20H,3-4,15-17H2,1H3/t20-/m1/s1. The highest BCUT2D eigenvalue weighted by molar-refractivity contribution is 5.60. The molecule has 27 heavy (non-hydrogen) atoms. The molecule has 0 N–H and O–H groups in total. The van der Waals surface area contributed by atoms with E-state index in [0.29, 0.717) is 5.92 Å². The van der Waals surface area contributed by atoms with Crippen molar-refractivity contribution in [3.8, 4) is 17.0 Å². The number of hydrogen-bond donors (Lipinski definition) is 0. The van der Waals surface area contributed by atoms with Gasteiger partial charge in [0, 0.05) is 42.7 Å². The van der Waals surface area contributed by atoms with Gasteiger partial charge < -0.3 is 4.74 Å². The molecule has 1 aromatic carbocycles. The predicted molar refractivity (Wildman–Crippen MR) is 108 cm³/mol. The molecule has 0 spiro atoms. The molecule has 1 atom stereocenters. The van der Waals surface area contributed by atoms with Gasteiger partial charge in [0.25, 0.3) is 0 Å². The zero-order valence-electron chi connectivity index (χ0n) is 15.7. The van der Waals surface area contributed by atoms with Gasteiger partial charge in [0.1, 0.15) is 5.75 Å². The first-order valence-electron chi connectivity index (χ1n) is 9.54. The summed E-state index contributed by atoms with van der Waals surface area (Å²) >= 11 is 0. The summed E-state index contributed by atoms with van der Waals surface area (Å²) in [6.45, 7) is 3.19. The first kappa shape index (κ1) is 17.7. The molecular weight excluding hydrogens is 334 g/mol. The molecule has 1 saturated heterocycles. The lowest BCUT2D eigenvalue weighted by Gasteiger charge is -2.32. The molecule has 1 aliphatic rings. The minimum absolute atomic E-state index is 0.485. The summed E-state index contributed by atoms with van der Waals surface area (Å²) in [5, 5.41) is 0. The van der Waals surface area contributed by atoms with Crippen molar-refractivity contribution < 1.29 is 4.74 Å². The van der Waals surface area contributed by atoms with Crippen LogP contribution in [-0.2, 0) is 6.54 Å². The van der Waals surface area contributed by atoms with Crippen molar-refractivity contribution in [2.24, 2.45) is 0 Å². The Bertz CT molecular complexity index is 864. The molecule has 2 aromatic heterocycles. The van der Waals surface area contributed by atoms with E-state index in [1.807, 2.05) is 24.5 Å². The molecule has 1 fully saturated rings. The molecule has 0 bridgehead atoms. The van der Waals surface area contributed by atoms with E-state index >= 15 is 0 Å². The Morgan fingerprint density at radius 3 is 2.63 bits per heavy atom. The molecule has 4 heteroatoms. The molecular formula is C23H25N3O. The summed E-state index contributed by atoms with van der Waals surface area (Å²) in [6, 6.07) is 18.7. The average Bonchev–Trinajstić information content (AvgIpc) is 2.75. The maximum absolute atomic E-state index is 5.25. The third-order valence-electron chi connectivity index (χ3n) is 5.24. The van der Waals surface area contributed by atoms with Crippen molar-refractivity contribution in [2.45, 2.75) is 25.3 Å². The average molecular weight is 359 g/mol. The van der Waals surface area contributed by atoms with Crippen molar-refractivity contribution in [3.05, 3.63) is 78.2 Å². The van der Waals surface area contributed by atoms with Gasteiger partial charge in [-0.1, -0.05) is 6.07 Å². The van der Waals surface area contributed by atoms with E-state index in [9.17, 15) is 0 Å². The van der Waals surface area contributed by atoms with Gasteiger partial charge in [-0.25, -0.2) is 0 Å². The summed E-state index contributed by atoms with van der Waals surface area (Å²) in [5.41, 5.74) is 4.68. The molecule has 0 amide bonds. The Morgan fingerprint density at radius 1 is 1.04 bits per heavy atom. The van der Waals surface area contributed by atoms with Crippen LogP contribution in [0, 0.1) is 0 Å². The Hall–Kier alpha value is -2.72. The second-order valence-electron chi connectivity index (χ2n) is 7.11. The van der Waals surface area contributed by atoms with E-state index in [-0.39, 0.29) is 0 Å². The van der Waals surface area contributed by atoms with Crippen LogP contribution in [0.15, 0.2) is 67.0 Å². The smallest absolute Gasteiger partial charge is 0.118 e. The Balaban J connectivity index is 1.49. The topological polar surface area (TPSA) is 38.2 Å². The number of hydrogen-bond acceptors (Lipinski definition) is 4. The largest absolute Gasteiger partial charge is 0.497 e. The normalized spacial score (nSPS) is 17.6. The van der Waals surface area contributed by atoms with E-state index in [1.165, 1.54) is 24.1 Å². The number of piperidine rings is 1. The van der Waals surface area contributed by atoms with Crippen LogP contribution < -0.4 is 4.74 Å². The molecule has 0 unspecified atom stereocenters. The predicted octanol–water partition coefficient (Wildman–Crippen LogP) is 4.53. The van der Waals surface area contributed by atoms with E-state index in [0.717, 1.165) is 36.6 Å². The first-order chi connectivity index (χ1) is 13.3. The number of benzene rings is 1. The second kappa shape index (κ2) is 8.31. The van der Waals surface area contributed by atoms with Gasteiger partial charge in [0.05, 0.1) is 12.8 Å². The van der Waals surface area contributed by atoms with Gasteiger partial charge in [-0.2, -0.15) is 0 Å². The number of nitrogens with zero attached hydrogens (tertiary/aromatic N) is 3. The molecule has 0 saturated carbocycles. The van der Waals surface area contributed by atoms with Crippen LogP contribution in [0.25, 0.3) is 11.3 Å². The van der Waals surface area contributed by atoms with E-state index < -0.39 is 0 Å². The van der Waals surface area contributed by atoms with Crippen LogP contribution in [0.4, 0.5) is 0 Å². The molecule has 4 rings (SSSR count). The van der Waals surface area contributed by atoms with Gasteiger partial charge in [-0.05, 0) is 73.5 Å². The Kier molecular flexibility index (Phi) is 5.45. The first-order valence-corrected chi connectivity index (χ1v) is 9.54. The highest BCUT2D eigenvalue weighted by Crippen LogP contribution is 2.29. The fourth-order valence-electron chi connectivity index (χ4n) is 3.79. The van der Waals surface area contributed by atoms with Crippen LogP contribution in [0.3, 0.4) is 0 Å². The number of aromatic nitrogens is 2. The van der Waals surface area contributed by atoms with E-state index in [2.05, 4.69) is 52.3 Å². The third kappa shape index (κ3) is 4.34. The van der Waals surface area contributed by atoms with Gasteiger partial charge in [0.15, 0.2) is 0 Å². The summed E-state index contributed by atoms with van der Waals surface area (Å²) in [4.78, 5) is 11.6. The number of pyridine rings is 2. The number of rotatable bonds is 5. The summed E-state index contributed by atoms with van der Waals surface area (Å²) < 4.78 is 5.25. The minimum atomic E-state index is 0.485. The number of ether oxygens (including phenoxy) is 1. The van der Waals surface area contributed by atoms with Crippen molar-refractivity contribution in [1.29, 1.82) is 0 Å². The molecule has 1 aliphatic heterocycles. The van der Waals surface area contributed by atoms with Crippen molar-refractivity contribution in [2.75, 3.05) is 20.2 Å². The quantitative estimate of drug-likeness (QED) is 0.671. The number of methoxy groups -OCH3 is 1. The summed E-state index contributed by atoms with van der Waals surface area (Å²) in [7, 11) is 1.69. The van der Waals surface area contributed by atoms with Crippen molar-refractivity contribution in [3.63, 3.8) is 0 Å². The van der Waals surface area contributed by atoms with Gasteiger partial charge >= 0.3 is 0 Å². The third-order valence-corrected chi connectivity index (χ3v) is 5.24. The second-order valence-corrected chi connectivity index (χ2v) is 7.11. The van der Waals surface area contributed by atoms with Crippen molar-refractivity contribution in [1.82, 2.24) is 14.9 Å². The van der Waals surface area contributed by atoms with Crippen LogP contribution in [0.1, 0.15) is 30.0 Å². The lowest BCUT2D eigenvalue weighted by molar-refractivity contribution is 0.198. The van der Waals surface area contributed by atoms with Crippen LogP contribution >= 0.6 is 0 Å². The molecule has 3 heterocycles. The lowest BCUT2D eigenvalue weighted by Crippen LogP contribution is -2.34. The monoisotopic (exact) mass is 359 g/mol. The lowest BCUT2D eigenvalue weighted by atomic mass is 9.93. The van der Waals surface area contributed by atoms with Crippen LogP contribution in [0.5, 0.6) is 5.75 Å². The maximum Gasteiger partial charge on any atom is 0.118 e. The van der Waals surface area contributed by atoms with Gasteiger partial charge in [-0.15, -0.1) is 0 Å². The zero-order valence-corrected chi connectivity index (χ0v) is 15.7. The number of likely N-dealkylation sites (tertiary alicyclic amines) is 1. The SMILES string of the molecule is COc1ccc(-c2cccc([C@@H]3CCCN(Cc4ccncc4)C3)n2)cc1. The fourth-order valence-corrected chi connectivity index (χ4v) is 3.79. The van der Waals surface area contributed by atoms with Gasteiger partial charge in [-0.3, -0.25) is 14.9 Å². The Labute approximate surface area is 160 Å². The molecule has 138 valence electrons.